The van der Waals surface area contributed by atoms with Gasteiger partial charge in [0.15, 0.2) is 0 Å². The van der Waals surface area contributed by atoms with Crippen LogP contribution in [0.5, 0.6) is 0 Å². The third-order valence-corrected chi connectivity index (χ3v) is 1.90. The molecule has 0 fully saturated rings. The molecule has 12 heavy (non-hydrogen) atoms. The van der Waals surface area contributed by atoms with Gasteiger partial charge in [-0.1, -0.05) is 13.5 Å². The first-order valence-corrected chi connectivity index (χ1v) is 4.11. The molecule has 0 radical (unpaired) electrons. The molecule has 0 aliphatic rings. The molecule has 0 aliphatic carbocycles. The first-order valence-electron chi connectivity index (χ1n) is 4.11. The Hall–Kier alpha value is -0.830. The Morgan fingerprint density at radius 2 is 2.17 bits per heavy atom. The average Bonchev–Trinajstić information content (AvgIpc) is 2.05. The van der Waals surface area contributed by atoms with Crippen molar-refractivity contribution in [3.8, 4) is 0 Å². The lowest BCUT2D eigenvalue weighted by atomic mass is 10.2. The van der Waals surface area contributed by atoms with Crippen molar-refractivity contribution in [3.63, 3.8) is 0 Å². The van der Waals surface area contributed by atoms with Crippen LogP contribution in [0.2, 0.25) is 0 Å². The van der Waals surface area contributed by atoms with Gasteiger partial charge in [-0.25, -0.2) is 0 Å². The van der Waals surface area contributed by atoms with E-state index in [1.54, 1.807) is 6.92 Å². The number of nitrogens with zero attached hydrogens (tertiary/aromatic N) is 1. The Bertz CT molecular complexity index is 177. The van der Waals surface area contributed by atoms with Crippen LogP contribution in [0.4, 0.5) is 0 Å². The Balaban J connectivity index is 4.34. The maximum Gasteiger partial charge on any atom is 0.250 e. The molecule has 70 valence electrons. The van der Waals surface area contributed by atoms with Crippen molar-refractivity contribution in [3.05, 3.63) is 12.2 Å². The molecular formula is C9H17NO2. The van der Waals surface area contributed by atoms with Crippen LogP contribution < -0.4 is 0 Å². The quantitative estimate of drug-likeness (QED) is 0.509. The van der Waals surface area contributed by atoms with Gasteiger partial charge in [0.25, 0.3) is 5.91 Å². The Kier molecular flexibility index (Phi) is 4.59. The molecule has 3 heteroatoms. The second-order valence-corrected chi connectivity index (χ2v) is 2.95. The molecule has 1 N–H and O–H groups in total. The minimum Gasteiger partial charge on any atom is -0.376 e. The van der Waals surface area contributed by atoms with E-state index in [1.165, 1.54) is 4.90 Å². The van der Waals surface area contributed by atoms with E-state index >= 15 is 0 Å². The van der Waals surface area contributed by atoms with E-state index in [0.717, 1.165) is 6.42 Å². The summed E-state index contributed by atoms with van der Waals surface area (Å²) in [5.41, 5.74) is 0.462. The van der Waals surface area contributed by atoms with Crippen LogP contribution in [0.25, 0.3) is 0 Å². The van der Waals surface area contributed by atoms with E-state index in [1.807, 2.05) is 13.8 Å². The first kappa shape index (κ1) is 11.2. The molecule has 0 heterocycles. The minimum atomic E-state index is -0.235. The van der Waals surface area contributed by atoms with E-state index in [0.29, 0.717) is 5.57 Å². The highest BCUT2D eigenvalue weighted by Crippen LogP contribution is 2.06. The van der Waals surface area contributed by atoms with E-state index in [2.05, 4.69) is 6.58 Å². The molecule has 0 saturated heterocycles. The number of aliphatic hydroxyl groups is 1. The number of aliphatic hydroxyl groups excluding tert-OH is 1. The van der Waals surface area contributed by atoms with E-state index in [-0.39, 0.29) is 18.7 Å². The summed E-state index contributed by atoms with van der Waals surface area (Å²) in [4.78, 5) is 12.7. The first-order chi connectivity index (χ1) is 5.54. The van der Waals surface area contributed by atoms with Crippen LogP contribution in [-0.4, -0.2) is 28.7 Å². The van der Waals surface area contributed by atoms with Gasteiger partial charge in [-0.2, -0.15) is 0 Å². The average molecular weight is 171 g/mol. The summed E-state index contributed by atoms with van der Waals surface area (Å²) < 4.78 is 0. The topological polar surface area (TPSA) is 40.5 Å². The summed E-state index contributed by atoms with van der Waals surface area (Å²) in [5.74, 6) is -0.174. The maximum atomic E-state index is 11.3. The van der Waals surface area contributed by atoms with E-state index in [4.69, 9.17) is 5.11 Å². The molecule has 0 saturated carbocycles. The van der Waals surface area contributed by atoms with Crippen molar-refractivity contribution in [2.24, 2.45) is 0 Å². The number of hydrogen-bond donors (Lipinski definition) is 1. The Morgan fingerprint density at radius 3 is 2.42 bits per heavy atom. The van der Waals surface area contributed by atoms with Gasteiger partial charge in [0.2, 0.25) is 0 Å². The SMILES string of the molecule is C=C(C)C(=O)N(CO)C(C)CC. The van der Waals surface area contributed by atoms with E-state index < -0.39 is 0 Å². The molecule has 1 amide bonds. The Labute approximate surface area is 73.7 Å². The number of hydrogen-bond acceptors (Lipinski definition) is 2. The van der Waals surface area contributed by atoms with Crippen LogP contribution in [0, 0.1) is 0 Å². The molecule has 1 atom stereocenters. The summed E-state index contributed by atoms with van der Waals surface area (Å²) in [6.07, 6.45) is 0.833. The highest BCUT2D eigenvalue weighted by atomic mass is 16.3. The highest BCUT2D eigenvalue weighted by molar-refractivity contribution is 5.92. The van der Waals surface area contributed by atoms with Crippen LogP contribution in [0.3, 0.4) is 0 Å². The zero-order valence-corrected chi connectivity index (χ0v) is 8.00. The fourth-order valence-corrected chi connectivity index (χ4v) is 0.869. The minimum absolute atomic E-state index is 0.0687. The lowest BCUT2D eigenvalue weighted by molar-refractivity contribution is -0.133. The number of carbonyl (C=O) groups excluding carboxylic acids is 1. The predicted molar refractivity (Wildman–Crippen MR) is 48.5 cm³/mol. The summed E-state index contributed by atoms with van der Waals surface area (Å²) in [6.45, 7) is 8.82. The summed E-state index contributed by atoms with van der Waals surface area (Å²) in [6, 6.07) is 0.0687. The van der Waals surface area contributed by atoms with Crippen molar-refractivity contribution >= 4 is 5.91 Å². The van der Waals surface area contributed by atoms with Gasteiger partial charge in [-0.05, 0) is 20.3 Å². The van der Waals surface area contributed by atoms with Crippen molar-refractivity contribution in [2.45, 2.75) is 33.2 Å². The van der Waals surface area contributed by atoms with Gasteiger partial charge < -0.3 is 10.0 Å². The molecule has 0 aromatic carbocycles. The maximum absolute atomic E-state index is 11.3. The van der Waals surface area contributed by atoms with Crippen LogP contribution in [-0.2, 0) is 4.79 Å². The molecule has 0 spiro atoms. The van der Waals surface area contributed by atoms with E-state index in [9.17, 15) is 4.79 Å². The molecule has 0 aromatic heterocycles. The smallest absolute Gasteiger partial charge is 0.250 e. The number of amides is 1. The zero-order valence-electron chi connectivity index (χ0n) is 8.00. The van der Waals surface area contributed by atoms with Crippen molar-refractivity contribution in [1.29, 1.82) is 0 Å². The third-order valence-electron chi connectivity index (χ3n) is 1.90. The second kappa shape index (κ2) is 4.93. The standard InChI is InChI=1S/C9H17NO2/c1-5-8(4)10(6-11)9(12)7(2)3/h8,11H,2,5-6H2,1,3-4H3. The van der Waals surface area contributed by atoms with Crippen LogP contribution in [0.1, 0.15) is 27.2 Å². The van der Waals surface area contributed by atoms with Crippen molar-refractivity contribution < 1.29 is 9.90 Å². The fourth-order valence-electron chi connectivity index (χ4n) is 0.869. The molecule has 0 aliphatic heterocycles. The molecule has 0 rings (SSSR count). The monoisotopic (exact) mass is 171 g/mol. The van der Waals surface area contributed by atoms with Crippen LogP contribution >= 0.6 is 0 Å². The molecule has 3 nitrogen and oxygen atoms in total. The Morgan fingerprint density at radius 1 is 1.67 bits per heavy atom. The summed E-state index contributed by atoms with van der Waals surface area (Å²) in [7, 11) is 0. The van der Waals surface area contributed by atoms with Crippen molar-refractivity contribution in [2.75, 3.05) is 6.73 Å². The largest absolute Gasteiger partial charge is 0.376 e. The number of carbonyl (C=O) groups is 1. The van der Waals surface area contributed by atoms with Gasteiger partial charge >= 0.3 is 0 Å². The van der Waals surface area contributed by atoms with Gasteiger partial charge in [-0.15, -0.1) is 0 Å². The zero-order chi connectivity index (χ0) is 9.72. The van der Waals surface area contributed by atoms with Gasteiger partial charge in [0, 0.05) is 11.6 Å². The number of rotatable bonds is 4. The fraction of sp³-hybridized carbons (Fsp3) is 0.667. The molecule has 0 aromatic rings. The molecular weight excluding hydrogens is 154 g/mol. The van der Waals surface area contributed by atoms with Gasteiger partial charge in [0.1, 0.15) is 6.73 Å². The summed E-state index contributed by atoms with van der Waals surface area (Å²) in [5, 5.41) is 8.91. The molecule has 1 unspecified atom stereocenters. The van der Waals surface area contributed by atoms with Gasteiger partial charge in [0.05, 0.1) is 0 Å². The lowest BCUT2D eigenvalue weighted by Gasteiger charge is -2.26. The van der Waals surface area contributed by atoms with Crippen molar-refractivity contribution in [1.82, 2.24) is 4.90 Å². The highest BCUT2D eigenvalue weighted by Gasteiger charge is 2.17. The van der Waals surface area contributed by atoms with Gasteiger partial charge in [-0.3, -0.25) is 4.79 Å². The second-order valence-electron chi connectivity index (χ2n) is 2.95. The summed E-state index contributed by atoms with van der Waals surface area (Å²) >= 11 is 0. The van der Waals surface area contributed by atoms with Crippen LogP contribution in [0.15, 0.2) is 12.2 Å². The normalized spacial score (nSPS) is 12.3. The third kappa shape index (κ3) is 2.66. The molecule has 0 bridgehead atoms. The lowest BCUT2D eigenvalue weighted by Crippen LogP contribution is -2.39. The predicted octanol–water partition coefficient (Wildman–Crippen LogP) is 1.14.